The van der Waals surface area contributed by atoms with Crippen molar-refractivity contribution in [1.82, 2.24) is 9.47 Å². The predicted octanol–water partition coefficient (Wildman–Crippen LogP) is 4.66. The molecule has 4 rings (SSSR count). The van der Waals surface area contributed by atoms with Gasteiger partial charge in [-0.15, -0.1) is 0 Å². The number of hydrogen-bond acceptors (Lipinski definition) is 2. The van der Waals surface area contributed by atoms with Crippen LogP contribution < -0.4 is 0 Å². The van der Waals surface area contributed by atoms with E-state index in [1.807, 2.05) is 39.9 Å². The summed E-state index contributed by atoms with van der Waals surface area (Å²) in [5.74, 6) is 1.29. The summed E-state index contributed by atoms with van der Waals surface area (Å²) in [6.07, 6.45) is 9.67. The summed E-state index contributed by atoms with van der Waals surface area (Å²) in [7, 11) is 0. The minimum Gasteiger partial charge on any atom is -0.341 e. The maximum Gasteiger partial charge on any atom is 0.242 e. The molecule has 0 atom stereocenters. The smallest absolute Gasteiger partial charge is 0.242 e. The Morgan fingerprint density at radius 2 is 1.70 bits per heavy atom. The van der Waals surface area contributed by atoms with Crippen LogP contribution in [0.25, 0.3) is 10.9 Å². The number of aromatic nitrogens is 1. The molecule has 0 radical (unpaired) electrons. The lowest BCUT2D eigenvalue weighted by Crippen LogP contribution is -2.39. The number of Topliss-reactive ketones (excluding diaryl/α,β-unsaturated/α-hetero) is 1. The molecule has 1 saturated heterocycles. The summed E-state index contributed by atoms with van der Waals surface area (Å²) < 4.78 is 1.99. The van der Waals surface area contributed by atoms with Gasteiger partial charge in [-0.3, -0.25) is 9.59 Å². The number of hydrogen-bond donors (Lipinski definition) is 0. The van der Waals surface area contributed by atoms with E-state index in [1.54, 1.807) is 0 Å². The zero-order valence-corrected chi connectivity index (χ0v) is 16.3. The van der Waals surface area contributed by atoms with Crippen molar-refractivity contribution in [2.75, 3.05) is 13.1 Å². The van der Waals surface area contributed by atoms with Gasteiger partial charge in [0.25, 0.3) is 0 Å². The number of piperidine rings is 1. The highest BCUT2D eigenvalue weighted by Gasteiger charge is 2.26. The average molecular weight is 367 g/mol. The van der Waals surface area contributed by atoms with E-state index < -0.39 is 0 Å². The lowest BCUT2D eigenvalue weighted by atomic mass is 9.84. The van der Waals surface area contributed by atoms with Gasteiger partial charge < -0.3 is 9.47 Å². The number of benzene rings is 1. The van der Waals surface area contributed by atoms with Crippen LogP contribution in [0, 0.1) is 11.8 Å². The van der Waals surface area contributed by atoms with Crippen molar-refractivity contribution in [2.45, 2.75) is 58.4 Å². The van der Waals surface area contributed by atoms with E-state index in [1.165, 1.54) is 6.42 Å². The van der Waals surface area contributed by atoms with E-state index in [0.29, 0.717) is 12.5 Å². The van der Waals surface area contributed by atoms with E-state index >= 15 is 0 Å². The maximum absolute atomic E-state index is 13.1. The normalized spacial score (nSPS) is 19.5. The van der Waals surface area contributed by atoms with Gasteiger partial charge in [-0.25, -0.2) is 0 Å². The number of para-hydroxylation sites is 1. The van der Waals surface area contributed by atoms with E-state index in [0.717, 1.165) is 68.1 Å². The Hall–Kier alpha value is -2.10. The van der Waals surface area contributed by atoms with Gasteiger partial charge in [-0.05, 0) is 37.7 Å². The molecule has 2 aromatic rings. The molecule has 0 spiro atoms. The summed E-state index contributed by atoms with van der Waals surface area (Å²) in [5.41, 5.74) is 1.80. The van der Waals surface area contributed by atoms with E-state index in [-0.39, 0.29) is 17.6 Å². The Bertz CT molecular complexity index is 824. The van der Waals surface area contributed by atoms with Crippen LogP contribution in [-0.2, 0) is 11.3 Å². The number of likely N-dealkylation sites (tertiary alicyclic amines) is 1. The van der Waals surface area contributed by atoms with Crippen molar-refractivity contribution in [3.05, 3.63) is 36.0 Å². The zero-order chi connectivity index (χ0) is 18.8. The van der Waals surface area contributed by atoms with Crippen LogP contribution in [0.1, 0.15) is 62.2 Å². The SMILES string of the molecule is CC1CCN(C(=O)Cn2cc(C(=O)C3CCCCC3)c3ccccc32)CC1. The third-order valence-electron chi connectivity index (χ3n) is 6.47. The number of rotatable bonds is 4. The Kier molecular flexibility index (Phi) is 5.33. The lowest BCUT2D eigenvalue weighted by molar-refractivity contribution is -0.133. The minimum atomic E-state index is 0.150. The average Bonchev–Trinajstić information content (AvgIpc) is 3.07. The molecule has 4 nitrogen and oxygen atoms in total. The van der Waals surface area contributed by atoms with Crippen molar-refractivity contribution < 1.29 is 9.59 Å². The molecule has 0 unspecified atom stereocenters. The molecule has 144 valence electrons. The Morgan fingerprint density at radius 1 is 1.00 bits per heavy atom. The minimum absolute atomic E-state index is 0.150. The number of amides is 1. The van der Waals surface area contributed by atoms with Gasteiger partial charge in [-0.1, -0.05) is 44.4 Å². The van der Waals surface area contributed by atoms with E-state index in [9.17, 15) is 9.59 Å². The van der Waals surface area contributed by atoms with Crippen molar-refractivity contribution in [3.63, 3.8) is 0 Å². The fraction of sp³-hybridized carbons (Fsp3) is 0.565. The second-order valence-electron chi connectivity index (χ2n) is 8.45. The molecule has 1 saturated carbocycles. The van der Waals surface area contributed by atoms with Crippen LogP contribution in [0.3, 0.4) is 0 Å². The van der Waals surface area contributed by atoms with Crippen LogP contribution in [0.15, 0.2) is 30.5 Å². The number of nitrogens with zero attached hydrogens (tertiary/aromatic N) is 2. The summed E-state index contributed by atoms with van der Waals surface area (Å²) >= 11 is 0. The first-order valence-electron chi connectivity index (χ1n) is 10.5. The molecular weight excluding hydrogens is 336 g/mol. The molecule has 1 aromatic carbocycles. The predicted molar refractivity (Wildman–Crippen MR) is 108 cm³/mol. The number of carbonyl (C=O) groups excluding carboxylic acids is 2. The fourth-order valence-corrected chi connectivity index (χ4v) is 4.66. The monoisotopic (exact) mass is 366 g/mol. The van der Waals surface area contributed by atoms with E-state index in [2.05, 4.69) is 6.92 Å². The first-order chi connectivity index (χ1) is 13.1. The summed E-state index contributed by atoms with van der Waals surface area (Å²) in [5, 5.41) is 0.994. The molecule has 2 fully saturated rings. The second kappa shape index (κ2) is 7.87. The van der Waals surface area contributed by atoms with Crippen LogP contribution in [0.4, 0.5) is 0 Å². The van der Waals surface area contributed by atoms with Gasteiger partial charge in [0.15, 0.2) is 5.78 Å². The Balaban J connectivity index is 1.58. The van der Waals surface area contributed by atoms with Crippen LogP contribution in [0.2, 0.25) is 0 Å². The Morgan fingerprint density at radius 3 is 2.44 bits per heavy atom. The van der Waals surface area contributed by atoms with Crippen LogP contribution >= 0.6 is 0 Å². The van der Waals surface area contributed by atoms with E-state index in [4.69, 9.17) is 0 Å². The summed E-state index contributed by atoms with van der Waals surface area (Å²) in [4.78, 5) is 27.9. The lowest BCUT2D eigenvalue weighted by Gasteiger charge is -2.30. The number of ketones is 1. The van der Waals surface area contributed by atoms with Crippen molar-refractivity contribution in [3.8, 4) is 0 Å². The fourth-order valence-electron chi connectivity index (χ4n) is 4.66. The standard InChI is InChI=1S/C23H30N2O2/c1-17-11-13-24(14-12-17)22(26)16-25-15-20(19-9-5-6-10-21(19)25)23(27)18-7-3-2-4-8-18/h5-6,9-10,15,17-18H,2-4,7-8,11-14,16H2,1H3. The van der Waals surface area contributed by atoms with Gasteiger partial charge in [0, 0.05) is 41.7 Å². The summed E-state index contributed by atoms with van der Waals surface area (Å²) in [6, 6.07) is 8.02. The van der Waals surface area contributed by atoms with Gasteiger partial charge >= 0.3 is 0 Å². The highest BCUT2D eigenvalue weighted by Crippen LogP contribution is 2.31. The third-order valence-corrected chi connectivity index (χ3v) is 6.47. The van der Waals surface area contributed by atoms with Crippen molar-refractivity contribution >= 4 is 22.6 Å². The van der Waals surface area contributed by atoms with Gasteiger partial charge in [-0.2, -0.15) is 0 Å². The molecule has 2 aliphatic rings. The molecule has 1 aliphatic heterocycles. The summed E-state index contributed by atoms with van der Waals surface area (Å²) in [6.45, 7) is 4.29. The largest absolute Gasteiger partial charge is 0.341 e. The topological polar surface area (TPSA) is 42.3 Å². The molecular formula is C23H30N2O2. The third kappa shape index (κ3) is 3.80. The first-order valence-corrected chi connectivity index (χ1v) is 10.5. The molecule has 0 bridgehead atoms. The highest BCUT2D eigenvalue weighted by atomic mass is 16.2. The highest BCUT2D eigenvalue weighted by molar-refractivity contribution is 6.09. The quantitative estimate of drug-likeness (QED) is 0.739. The van der Waals surface area contributed by atoms with Gasteiger partial charge in [0.2, 0.25) is 5.91 Å². The van der Waals surface area contributed by atoms with Crippen LogP contribution in [0.5, 0.6) is 0 Å². The van der Waals surface area contributed by atoms with Crippen molar-refractivity contribution in [1.29, 1.82) is 0 Å². The Labute approximate surface area is 161 Å². The molecule has 1 amide bonds. The second-order valence-corrected chi connectivity index (χ2v) is 8.45. The number of carbonyl (C=O) groups is 2. The molecule has 2 heterocycles. The maximum atomic E-state index is 13.1. The molecule has 1 aromatic heterocycles. The van der Waals surface area contributed by atoms with Crippen LogP contribution in [-0.4, -0.2) is 34.2 Å². The molecule has 27 heavy (non-hydrogen) atoms. The molecule has 1 aliphatic carbocycles. The first kappa shape index (κ1) is 18.3. The molecule has 4 heteroatoms. The zero-order valence-electron chi connectivity index (χ0n) is 16.3. The van der Waals surface area contributed by atoms with Gasteiger partial charge in [0.05, 0.1) is 0 Å². The van der Waals surface area contributed by atoms with Gasteiger partial charge in [0.1, 0.15) is 6.54 Å². The van der Waals surface area contributed by atoms with Crippen molar-refractivity contribution in [2.24, 2.45) is 11.8 Å². The molecule has 0 N–H and O–H groups in total. The number of fused-ring (bicyclic) bond motifs is 1.